The number of hydrogen-bond acceptors (Lipinski definition) is 4. The number of benzene rings is 2. The Morgan fingerprint density at radius 1 is 1.03 bits per heavy atom. The summed E-state index contributed by atoms with van der Waals surface area (Å²) >= 11 is 0. The van der Waals surface area contributed by atoms with Crippen LogP contribution in [0.15, 0.2) is 30.3 Å². The molecule has 2 aromatic carbocycles. The molecule has 0 saturated carbocycles. The molecule has 0 spiro atoms. The van der Waals surface area contributed by atoms with E-state index in [2.05, 4.69) is 9.72 Å². The molecule has 0 aliphatic carbocycles. The predicted octanol–water partition coefficient (Wildman–Crippen LogP) is 4.65. The van der Waals surface area contributed by atoms with E-state index >= 15 is 0 Å². The largest absolute Gasteiger partial charge is 0.573 e. The Hall–Kier alpha value is -3.49. The molecule has 0 saturated heterocycles. The number of nitrogens with two attached hydrogens (primary N) is 1. The molecule has 0 bridgehead atoms. The van der Waals surface area contributed by atoms with Crippen LogP contribution in [-0.4, -0.2) is 39.2 Å². The third-order valence-electron chi connectivity index (χ3n) is 5.03. The van der Waals surface area contributed by atoms with Crippen molar-refractivity contribution in [3.8, 4) is 5.75 Å². The van der Waals surface area contributed by atoms with Crippen LogP contribution < -0.4 is 10.5 Å². The summed E-state index contributed by atoms with van der Waals surface area (Å²) in [5.74, 6) is -6.76. The molecule has 3 N–H and O–H groups in total. The van der Waals surface area contributed by atoms with Crippen LogP contribution >= 0.6 is 0 Å². The second kappa shape index (κ2) is 9.28. The first-order valence-corrected chi connectivity index (χ1v) is 9.52. The molecule has 2 heterocycles. The summed E-state index contributed by atoms with van der Waals surface area (Å²) in [6, 6.07) is 4.28. The number of aliphatic carboxylic acids is 1. The van der Waals surface area contributed by atoms with Crippen LogP contribution in [-0.2, 0) is 17.8 Å². The second-order valence-corrected chi connectivity index (χ2v) is 7.40. The highest BCUT2D eigenvalue weighted by Gasteiger charge is 2.38. The molecule has 2 atom stereocenters. The smallest absolute Gasteiger partial charge is 0.475 e. The van der Waals surface area contributed by atoms with E-state index in [-0.39, 0.29) is 18.5 Å². The third-order valence-corrected chi connectivity index (χ3v) is 5.03. The minimum Gasteiger partial charge on any atom is -0.475 e. The molecule has 35 heavy (non-hydrogen) atoms. The highest BCUT2D eigenvalue weighted by atomic mass is 19.4. The van der Waals surface area contributed by atoms with E-state index in [0.717, 1.165) is 12.1 Å². The van der Waals surface area contributed by atoms with E-state index < -0.39 is 53.7 Å². The van der Waals surface area contributed by atoms with Gasteiger partial charge in [-0.3, -0.25) is 0 Å². The Bertz CT molecular complexity index is 1250. The number of carboxylic acid groups (broad SMARTS) is 1. The van der Waals surface area contributed by atoms with Crippen LogP contribution in [0.1, 0.15) is 17.3 Å². The third kappa shape index (κ3) is 5.96. The molecule has 6 nitrogen and oxygen atoms in total. The van der Waals surface area contributed by atoms with Crippen LogP contribution in [0.4, 0.5) is 39.5 Å². The number of rotatable bonds is 2. The van der Waals surface area contributed by atoms with E-state index in [4.69, 9.17) is 15.6 Å². The van der Waals surface area contributed by atoms with Gasteiger partial charge >= 0.3 is 18.5 Å². The van der Waals surface area contributed by atoms with Crippen molar-refractivity contribution in [3.05, 3.63) is 59.2 Å². The van der Waals surface area contributed by atoms with Gasteiger partial charge in [-0.1, -0.05) is 0 Å². The number of carboxylic acids is 1. The van der Waals surface area contributed by atoms with Crippen molar-refractivity contribution in [2.24, 2.45) is 5.73 Å². The molecule has 0 unspecified atom stereocenters. The summed E-state index contributed by atoms with van der Waals surface area (Å²) < 4.78 is 116. The maximum atomic E-state index is 14.2. The fraction of sp³-hybridized carbons (Fsp3) is 0.300. The Labute approximate surface area is 189 Å². The molecule has 15 heteroatoms. The monoisotopic (exact) mass is 515 g/mol. The first-order valence-electron chi connectivity index (χ1n) is 9.52. The lowest BCUT2D eigenvalue weighted by molar-refractivity contribution is -0.274. The van der Waals surface area contributed by atoms with Crippen molar-refractivity contribution in [2.45, 2.75) is 37.5 Å². The quantitative estimate of drug-likeness (QED) is 0.383. The number of alkyl halides is 6. The lowest BCUT2D eigenvalue weighted by Gasteiger charge is -2.30. The average molecular weight is 515 g/mol. The van der Waals surface area contributed by atoms with Crippen molar-refractivity contribution in [1.29, 1.82) is 0 Å². The van der Waals surface area contributed by atoms with Gasteiger partial charge in [0.2, 0.25) is 0 Å². The standard InChI is InChI=1S/C18H13F6N3O.C2HF3O2/c19-11-6-13(21)12(20)4-9(11)10-5-17-26-15-2-1-8(28-18(22,23)24)3-16(15)27(17)7-14(10)25;3-2(4,5)1(6)7/h1-4,6,10,14H,5,7,25H2;(H,6,7)/t10-,14+;/m1./s1. The molecule has 0 fully saturated rings. The van der Waals surface area contributed by atoms with Gasteiger partial charge in [-0.05, 0) is 23.8 Å². The van der Waals surface area contributed by atoms with Gasteiger partial charge in [0.15, 0.2) is 11.6 Å². The zero-order chi connectivity index (χ0) is 26.3. The van der Waals surface area contributed by atoms with E-state index in [9.17, 15) is 39.5 Å². The van der Waals surface area contributed by atoms with E-state index in [1.165, 1.54) is 12.1 Å². The van der Waals surface area contributed by atoms with Crippen LogP contribution in [0, 0.1) is 17.5 Å². The molecular weight excluding hydrogens is 501 g/mol. The van der Waals surface area contributed by atoms with Crippen LogP contribution in [0.25, 0.3) is 11.0 Å². The molecule has 0 amide bonds. The zero-order valence-corrected chi connectivity index (χ0v) is 17.1. The average Bonchev–Trinajstić information content (AvgIpc) is 3.05. The lowest BCUT2D eigenvalue weighted by atomic mass is 9.86. The number of fused-ring (bicyclic) bond motifs is 3. The zero-order valence-electron chi connectivity index (χ0n) is 17.1. The summed E-state index contributed by atoms with van der Waals surface area (Å²) in [6.07, 6.45) is -9.79. The number of aromatic nitrogens is 2. The highest BCUT2D eigenvalue weighted by molar-refractivity contribution is 5.78. The van der Waals surface area contributed by atoms with Crippen molar-refractivity contribution < 1.29 is 54.2 Å². The number of hydrogen-bond donors (Lipinski definition) is 2. The fourth-order valence-electron chi connectivity index (χ4n) is 3.56. The van der Waals surface area contributed by atoms with E-state index in [0.29, 0.717) is 22.9 Å². The lowest BCUT2D eigenvalue weighted by Crippen LogP contribution is -2.39. The van der Waals surface area contributed by atoms with Crippen LogP contribution in [0.5, 0.6) is 5.75 Å². The molecule has 4 rings (SSSR count). The molecule has 1 aliphatic rings. The minimum atomic E-state index is -5.08. The van der Waals surface area contributed by atoms with E-state index in [1.54, 1.807) is 4.57 Å². The van der Waals surface area contributed by atoms with Gasteiger partial charge in [0.05, 0.1) is 11.0 Å². The summed E-state index contributed by atoms with van der Waals surface area (Å²) in [6.45, 7) is 0.115. The summed E-state index contributed by atoms with van der Waals surface area (Å²) in [7, 11) is 0. The Morgan fingerprint density at radius 2 is 1.63 bits per heavy atom. The van der Waals surface area contributed by atoms with Gasteiger partial charge in [-0.2, -0.15) is 13.2 Å². The van der Waals surface area contributed by atoms with Gasteiger partial charge in [-0.15, -0.1) is 13.2 Å². The predicted molar refractivity (Wildman–Crippen MR) is 101 cm³/mol. The second-order valence-electron chi connectivity index (χ2n) is 7.40. The van der Waals surface area contributed by atoms with Crippen molar-refractivity contribution in [1.82, 2.24) is 9.55 Å². The minimum absolute atomic E-state index is 0.0641. The van der Waals surface area contributed by atoms with Crippen LogP contribution in [0.2, 0.25) is 0 Å². The highest BCUT2D eigenvalue weighted by Crippen LogP contribution is 2.35. The molecule has 3 aromatic rings. The number of halogens is 9. The Balaban J connectivity index is 0.000000429. The number of nitrogens with zero attached hydrogens (tertiary/aromatic N) is 2. The van der Waals surface area contributed by atoms with Crippen molar-refractivity contribution in [3.63, 3.8) is 0 Å². The van der Waals surface area contributed by atoms with E-state index in [1.807, 2.05) is 0 Å². The van der Waals surface area contributed by atoms with Gasteiger partial charge in [0, 0.05) is 37.1 Å². The Kier molecular flexibility index (Phi) is 6.93. The first-order chi connectivity index (χ1) is 16.1. The molecule has 190 valence electrons. The normalized spacial score (nSPS) is 18.0. The van der Waals surface area contributed by atoms with Gasteiger partial charge in [-0.25, -0.2) is 22.9 Å². The summed E-state index contributed by atoms with van der Waals surface area (Å²) in [5.41, 5.74) is 6.87. The van der Waals surface area contributed by atoms with Gasteiger partial charge in [0.1, 0.15) is 17.4 Å². The number of imidazole rings is 1. The summed E-state index contributed by atoms with van der Waals surface area (Å²) in [5, 5.41) is 7.12. The molecule has 1 aliphatic heterocycles. The topological polar surface area (TPSA) is 90.4 Å². The molecule has 1 aromatic heterocycles. The molecule has 0 radical (unpaired) electrons. The maximum Gasteiger partial charge on any atom is 0.573 e. The maximum absolute atomic E-state index is 14.2. The number of carbonyl (C=O) groups is 1. The summed E-state index contributed by atoms with van der Waals surface area (Å²) in [4.78, 5) is 13.2. The first kappa shape index (κ1) is 26.1. The van der Waals surface area contributed by atoms with Crippen molar-refractivity contribution >= 4 is 17.0 Å². The Morgan fingerprint density at radius 3 is 2.20 bits per heavy atom. The fourth-order valence-corrected chi connectivity index (χ4v) is 3.56. The van der Waals surface area contributed by atoms with Gasteiger partial charge < -0.3 is 20.1 Å². The van der Waals surface area contributed by atoms with Crippen molar-refractivity contribution in [2.75, 3.05) is 0 Å². The van der Waals surface area contributed by atoms with Gasteiger partial charge in [0.25, 0.3) is 0 Å². The SMILES string of the molecule is N[C@H]1Cn2c(nc3ccc(OC(F)(F)F)cc32)C[C@@H]1c1cc(F)c(F)cc1F.O=C(O)C(F)(F)F. The van der Waals surface area contributed by atoms with Crippen LogP contribution in [0.3, 0.4) is 0 Å². The molecular formula is C20H14F9N3O3. The number of ether oxygens (including phenoxy) is 1.